The fourth-order valence-electron chi connectivity index (χ4n) is 17.2. The number of rotatable bonds is 25. The van der Waals surface area contributed by atoms with Crippen molar-refractivity contribution in [2.24, 2.45) is 23.1 Å². The van der Waals surface area contributed by atoms with E-state index in [1.54, 1.807) is 6.92 Å². The number of nitrogens with one attached hydrogen (secondary N) is 7. The lowest BCUT2D eigenvalue weighted by atomic mass is 9.86. The minimum absolute atomic E-state index is 0.0313. The molecule has 9 aliphatic rings. The topological polar surface area (TPSA) is 561 Å². The van der Waals surface area contributed by atoms with E-state index in [0.717, 1.165) is 69.0 Å². The van der Waals surface area contributed by atoms with Crippen LogP contribution in [0.3, 0.4) is 0 Å². The number of nitrogens with two attached hydrogens (primary N) is 3. The Labute approximate surface area is 734 Å². The summed E-state index contributed by atoms with van der Waals surface area (Å²) in [6.45, 7) is 12.9. The Morgan fingerprint density at radius 1 is 0.643 bits per heavy atom. The largest absolute Gasteiger partial charge is 0.508 e. The second kappa shape index (κ2) is 41.2. The van der Waals surface area contributed by atoms with Crippen LogP contribution in [0.15, 0.2) is 84.9 Å². The Bertz CT molecular complexity index is 4730. The number of amides is 8. The van der Waals surface area contributed by atoms with Crippen molar-refractivity contribution in [3.05, 3.63) is 118 Å². The number of piperazine rings is 1. The highest BCUT2D eigenvalue weighted by Crippen LogP contribution is 2.50. The number of hydrogen-bond donors (Lipinski definition) is 19. The molecule has 37 nitrogen and oxygen atoms in total. The number of aliphatic hydroxyl groups excluding tert-OH is 6. The first-order chi connectivity index (χ1) is 59.8. The molecule has 9 heterocycles. The van der Waals surface area contributed by atoms with Gasteiger partial charge in [-0.25, -0.2) is 0 Å². The van der Waals surface area contributed by atoms with Gasteiger partial charge in [-0.05, 0) is 142 Å². The number of aliphatic hydroxyl groups is 6. The molecule has 14 rings (SSSR count). The molecular weight excluding hydrogens is 1660 g/mol. The quantitative estimate of drug-likeness (QED) is 0.0373. The zero-order valence-corrected chi connectivity index (χ0v) is 72.5. The van der Waals surface area contributed by atoms with Gasteiger partial charge in [0.15, 0.2) is 30.2 Å². The van der Waals surface area contributed by atoms with Gasteiger partial charge in [-0.2, -0.15) is 0 Å². The molecule has 0 aliphatic carbocycles. The van der Waals surface area contributed by atoms with Gasteiger partial charge in [0.05, 0.1) is 48.5 Å². The molecular formula is C88H119ClN12O25. The van der Waals surface area contributed by atoms with E-state index in [-0.39, 0.29) is 88.2 Å². The first-order valence-electron chi connectivity index (χ1n) is 43.0. The molecule has 0 spiro atoms. The van der Waals surface area contributed by atoms with Crippen LogP contribution >= 0.6 is 11.6 Å². The van der Waals surface area contributed by atoms with Gasteiger partial charge in [-0.1, -0.05) is 108 Å². The zero-order chi connectivity index (χ0) is 91.1. The van der Waals surface area contributed by atoms with E-state index in [2.05, 4.69) is 49.0 Å². The number of unbranched alkanes of at least 4 members (excludes halogenated alkanes) is 8. The molecule has 688 valence electrons. The molecule has 11 bridgehead atoms. The Morgan fingerprint density at radius 2 is 1.24 bits per heavy atom. The molecule has 9 aliphatic heterocycles. The number of carbonyl (C=O) groups is 8. The van der Waals surface area contributed by atoms with Crippen molar-refractivity contribution in [1.29, 1.82) is 0 Å². The van der Waals surface area contributed by atoms with E-state index < -0.39 is 234 Å². The number of ether oxygens (including phenoxy) is 8. The molecule has 5 aromatic rings. The van der Waals surface area contributed by atoms with Gasteiger partial charge in [0.25, 0.3) is 0 Å². The normalized spacial score (nSPS) is 30.6. The van der Waals surface area contributed by atoms with Crippen molar-refractivity contribution in [3.63, 3.8) is 0 Å². The number of phenols is 3. The summed E-state index contributed by atoms with van der Waals surface area (Å²) in [6, 6.07) is 3.19. The molecule has 22 atom stereocenters. The highest BCUT2D eigenvalue weighted by molar-refractivity contribution is 6.32. The minimum atomic E-state index is -2.33. The number of likely N-dealkylation sites (N-methyl/N-ethyl adjacent to an activating group) is 1. The molecule has 8 amide bonds. The highest BCUT2D eigenvalue weighted by atomic mass is 35.5. The van der Waals surface area contributed by atoms with Crippen LogP contribution in [0.5, 0.6) is 46.0 Å². The fraction of sp³-hybridized carbons (Fsp3) is 0.568. The summed E-state index contributed by atoms with van der Waals surface area (Å²) in [5.74, 6) is -13.6. The van der Waals surface area contributed by atoms with Crippen LogP contribution in [0.2, 0.25) is 5.02 Å². The smallest absolute Gasteiger partial charge is 0.249 e. The summed E-state index contributed by atoms with van der Waals surface area (Å²) >= 11 is 7.21. The lowest BCUT2D eigenvalue weighted by Gasteiger charge is -2.47. The Kier molecular flexibility index (Phi) is 31.2. The molecule has 4 saturated heterocycles. The van der Waals surface area contributed by atoms with E-state index in [1.807, 2.05) is 13.8 Å². The Balaban J connectivity index is 1.06. The highest BCUT2D eigenvalue weighted by Gasteiger charge is 2.53. The van der Waals surface area contributed by atoms with Crippen molar-refractivity contribution in [2.45, 2.75) is 265 Å². The number of nitrogens with zero attached hydrogens (tertiary/aromatic N) is 2. The SMILES string of the molecule is CCCCCCCCCCCN1CCN(C(=O)[C@H]2NC(=O)[C@H]3NC(=O)[C@H](NC(=O)[C@@H]4NC(=O)[C@H](CC(N)=O)NC(=O)[C@H](NC(=O)[C@@H](CC(C)C)NC)[C@H](O)c5ccc(c(Cl)c5)Oc5cc4cc(c5O[C@@H]4O[C@H](CO)[C@@H](O)[C@H](O)[C@H]4O[C@H]4C[C@](C)(N)[C@@H](O)[C@H](C)O4)Oc4ccc(cc4)[C@H]3O[C@H]3C[C@](C)(N)[C@@H](O)[C@H](C)O3)c3ccc(O)c(c3)-c3c(O)cc(O)cc32)CC1. The summed E-state index contributed by atoms with van der Waals surface area (Å²) < 4.78 is 52.6. The number of phenolic OH excluding ortho intramolecular Hbond substituents is 3. The third-order valence-corrected chi connectivity index (χ3v) is 24.6. The molecule has 126 heavy (non-hydrogen) atoms. The lowest BCUT2D eigenvalue weighted by molar-refractivity contribution is -0.333. The van der Waals surface area contributed by atoms with Crippen LogP contribution in [0, 0.1) is 5.92 Å². The monoisotopic (exact) mass is 1780 g/mol. The Hall–Kier alpha value is -9.65. The molecule has 38 heteroatoms. The summed E-state index contributed by atoms with van der Waals surface area (Å²) in [6.07, 6.45) is -12.0. The van der Waals surface area contributed by atoms with E-state index in [9.17, 15) is 55.5 Å². The van der Waals surface area contributed by atoms with Gasteiger partial charge in [0.1, 0.15) is 95.5 Å². The van der Waals surface area contributed by atoms with Gasteiger partial charge in [-0.15, -0.1) is 0 Å². The van der Waals surface area contributed by atoms with Crippen molar-refractivity contribution in [3.8, 4) is 57.1 Å². The van der Waals surface area contributed by atoms with Crippen molar-refractivity contribution in [2.75, 3.05) is 46.4 Å². The number of benzene rings is 5. The Morgan fingerprint density at radius 3 is 1.85 bits per heavy atom. The standard InChI is InChI=1S/C88H119ClN12O25/c1-9-10-11-12-13-14-15-16-17-26-100-27-29-101(30-28-100)85(118)68-52-36-49(103)37-57(105)65(52)51-32-46(20-24-56(51)104)66-81(114)99-70(84(117)97-68)74(124-63-39-87(6,91)77(110)43(4)119-63)45-18-22-50(23-19-45)121-59-34-48-35-60(75(59)126-86-76(73(109)72(108)61(41-102)123-86)125-64-40-88(7,92)78(111)44(5)120-64)122-58-25-21-47(33-53(58)89)71(107)69(98-79(112)54(93-8)31-42(2)3)83(116)94-55(38-62(90)106)80(113)95-67(48)82(115)96-66/h18-25,32-37,42-44,54-55,61,63-64,66-74,76-78,86,93,102-105,107-111H,9-17,26-31,38-41,91-92H2,1-8H3,(H2,90,106)(H,94,116)(H,95,113)(H,96,115)(H,97,117)(H,98,112)(H,99,114)/t43-,44-,54+,55-,61+,63-,64-,66+,67+,68-,69+,70-,71+,72+,73-,74+,76+,77-,78-,86-,87-,88-/m0/s1. The number of primary amides is 1. The maximum absolute atomic E-state index is 16.7. The summed E-state index contributed by atoms with van der Waals surface area (Å²) in [5, 5.41) is 124. The maximum Gasteiger partial charge on any atom is 0.249 e. The second-order valence-corrected chi connectivity index (χ2v) is 35.2. The van der Waals surface area contributed by atoms with E-state index >= 15 is 28.8 Å². The minimum Gasteiger partial charge on any atom is -0.508 e. The number of halogens is 1. The molecule has 22 N–H and O–H groups in total. The average Bonchev–Trinajstić information content (AvgIpc) is 0.778. The molecule has 0 radical (unpaired) electrons. The van der Waals surface area contributed by atoms with E-state index in [1.165, 1.54) is 113 Å². The summed E-state index contributed by atoms with van der Waals surface area (Å²) in [7, 11) is 1.49. The van der Waals surface area contributed by atoms with Crippen LogP contribution in [0.4, 0.5) is 0 Å². The van der Waals surface area contributed by atoms with Crippen molar-refractivity contribution >= 4 is 58.9 Å². The molecule has 0 unspecified atom stereocenters. The third-order valence-electron chi connectivity index (χ3n) is 24.3. The van der Waals surface area contributed by atoms with Gasteiger partial charge in [-0.3, -0.25) is 43.3 Å². The third kappa shape index (κ3) is 22.2. The van der Waals surface area contributed by atoms with Gasteiger partial charge < -0.3 is 143 Å². The van der Waals surface area contributed by atoms with Gasteiger partial charge >= 0.3 is 0 Å². The first kappa shape index (κ1) is 95.5. The van der Waals surface area contributed by atoms with Crippen LogP contribution in [-0.2, 0) is 62.0 Å². The van der Waals surface area contributed by atoms with Crippen molar-refractivity contribution in [1.82, 2.24) is 47.0 Å². The number of carbonyl (C=O) groups excluding carboxylic acids is 8. The van der Waals surface area contributed by atoms with Gasteiger partial charge in [0, 0.05) is 67.3 Å². The fourth-order valence-corrected chi connectivity index (χ4v) is 17.5. The first-order valence-corrected chi connectivity index (χ1v) is 43.4. The molecule has 5 aromatic carbocycles. The zero-order valence-electron chi connectivity index (χ0n) is 71.7. The van der Waals surface area contributed by atoms with Crippen molar-refractivity contribution < 1.29 is 122 Å². The van der Waals surface area contributed by atoms with E-state index in [0.29, 0.717) is 13.1 Å². The molecule has 0 saturated carbocycles. The predicted molar refractivity (Wildman–Crippen MR) is 453 cm³/mol. The maximum atomic E-state index is 16.7. The number of hydrogen-bond acceptors (Lipinski definition) is 29. The van der Waals surface area contributed by atoms with Crippen LogP contribution in [0.25, 0.3) is 11.1 Å². The van der Waals surface area contributed by atoms with Crippen LogP contribution < -0.4 is 68.6 Å². The summed E-state index contributed by atoms with van der Waals surface area (Å²) in [5.41, 5.74) is 14.7. The predicted octanol–water partition coefficient (Wildman–Crippen LogP) is 3.28. The molecule has 4 fully saturated rings. The van der Waals surface area contributed by atoms with Crippen LogP contribution in [0.1, 0.15) is 190 Å². The number of aromatic hydroxyl groups is 3. The average molecular weight is 1780 g/mol. The van der Waals surface area contributed by atoms with Crippen LogP contribution in [-0.4, -0.2) is 252 Å². The summed E-state index contributed by atoms with van der Waals surface area (Å²) in [4.78, 5) is 128. The molecule has 0 aromatic heterocycles. The second-order valence-electron chi connectivity index (χ2n) is 34.8. The number of fused-ring (bicyclic) bond motifs is 15. The lowest BCUT2D eigenvalue weighted by Crippen LogP contribution is -2.64. The van der Waals surface area contributed by atoms with E-state index in [4.69, 9.17) is 66.7 Å². The van der Waals surface area contributed by atoms with Gasteiger partial charge in [0.2, 0.25) is 59.3 Å².